The molecule has 146 valence electrons. The molecule has 4 heterocycles. The lowest BCUT2D eigenvalue weighted by atomic mass is 10.2. The molecule has 0 saturated carbocycles. The van der Waals surface area contributed by atoms with Crippen LogP contribution in [0.2, 0.25) is 0 Å². The fraction of sp³-hybridized carbons (Fsp3) is 0. The van der Waals surface area contributed by atoms with E-state index in [1.807, 2.05) is 48.8 Å². The first-order valence-electron chi connectivity index (χ1n) is 9.26. The summed E-state index contributed by atoms with van der Waals surface area (Å²) in [6.07, 6.45) is 6.95. The molecule has 30 heavy (non-hydrogen) atoms. The molecule has 0 aliphatic carbocycles. The summed E-state index contributed by atoms with van der Waals surface area (Å²) in [7, 11) is 0. The molecule has 5 rings (SSSR count). The van der Waals surface area contributed by atoms with E-state index in [1.54, 1.807) is 45.5 Å². The molecule has 0 spiro atoms. The number of carbonyl (C=O) groups excluding carboxylic acids is 2. The van der Waals surface area contributed by atoms with Crippen LogP contribution in [0.4, 0.5) is 11.4 Å². The van der Waals surface area contributed by atoms with Crippen LogP contribution in [0.1, 0.15) is 21.0 Å². The number of benzene rings is 1. The van der Waals surface area contributed by atoms with Crippen molar-refractivity contribution in [2.75, 3.05) is 10.6 Å². The van der Waals surface area contributed by atoms with Gasteiger partial charge in [-0.1, -0.05) is 24.3 Å². The summed E-state index contributed by atoms with van der Waals surface area (Å²) in [6.45, 7) is 0. The molecule has 8 heteroatoms. The highest BCUT2D eigenvalue weighted by atomic mass is 16.2. The van der Waals surface area contributed by atoms with Gasteiger partial charge in [-0.15, -0.1) is 0 Å². The van der Waals surface area contributed by atoms with E-state index in [0.717, 1.165) is 0 Å². The Labute approximate surface area is 170 Å². The van der Waals surface area contributed by atoms with Gasteiger partial charge < -0.3 is 19.4 Å². The number of hydrogen-bond acceptors (Lipinski definition) is 4. The van der Waals surface area contributed by atoms with Crippen molar-refractivity contribution in [1.29, 1.82) is 0 Å². The predicted octanol–water partition coefficient (Wildman–Crippen LogP) is 3.49. The summed E-state index contributed by atoms with van der Waals surface area (Å²) in [4.78, 5) is 34.0. The molecule has 0 unspecified atom stereocenters. The summed E-state index contributed by atoms with van der Waals surface area (Å²) < 4.78 is 3.54. The standard InChI is InChI=1S/C22H16N6O2/c29-21(17-13-27-11-5-3-9-19(27)23-17)25-15-7-1-2-8-16(15)26-22(30)18-14-28-12-6-4-10-20(28)24-18/h1-14H,(H,25,29)(H,26,30). The number of amides is 2. The normalized spacial score (nSPS) is 10.9. The van der Waals surface area contributed by atoms with Crippen LogP contribution in [0.3, 0.4) is 0 Å². The number of aromatic nitrogens is 4. The van der Waals surface area contributed by atoms with Crippen molar-refractivity contribution in [3.63, 3.8) is 0 Å². The number of nitrogens with one attached hydrogen (secondary N) is 2. The molecule has 0 saturated heterocycles. The maximum Gasteiger partial charge on any atom is 0.275 e. The van der Waals surface area contributed by atoms with Crippen LogP contribution in [0.25, 0.3) is 11.3 Å². The van der Waals surface area contributed by atoms with Gasteiger partial charge in [-0.05, 0) is 36.4 Å². The number of nitrogens with zero attached hydrogens (tertiary/aromatic N) is 4. The molecule has 4 aromatic heterocycles. The molecule has 2 amide bonds. The SMILES string of the molecule is O=C(Nc1ccccc1NC(=O)c1cn2ccccc2n1)c1cn2ccccc2n1. The molecule has 1 aromatic carbocycles. The maximum atomic E-state index is 12.7. The second-order valence-electron chi connectivity index (χ2n) is 6.64. The smallest absolute Gasteiger partial charge is 0.275 e. The molecule has 5 aromatic rings. The fourth-order valence-corrected chi connectivity index (χ4v) is 3.16. The first-order valence-corrected chi connectivity index (χ1v) is 9.26. The molecule has 2 N–H and O–H groups in total. The molecule has 0 radical (unpaired) electrons. The Balaban J connectivity index is 1.38. The Bertz CT molecular complexity index is 1230. The van der Waals surface area contributed by atoms with E-state index < -0.39 is 0 Å². The van der Waals surface area contributed by atoms with Crippen molar-refractivity contribution in [2.45, 2.75) is 0 Å². The Morgan fingerprint density at radius 2 is 1.07 bits per heavy atom. The molecule has 0 aliphatic rings. The highest BCUT2D eigenvalue weighted by Crippen LogP contribution is 2.22. The van der Waals surface area contributed by atoms with Gasteiger partial charge in [-0.25, -0.2) is 9.97 Å². The van der Waals surface area contributed by atoms with Gasteiger partial charge in [0, 0.05) is 24.8 Å². The van der Waals surface area contributed by atoms with Crippen LogP contribution in [0.15, 0.2) is 85.5 Å². The maximum absolute atomic E-state index is 12.7. The number of pyridine rings is 2. The zero-order chi connectivity index (χ0) is 20.5. The van der Waals surface area contributed by atoms with E-state index in [0.29, 0.717) is 22.7 Å². The molecular weight excluding hydrogens is 380 g/mol. The van der Waals surface area contributed by atoms with Crippen LogP contribution in [0, 0.1) is 0 Å². The first-order chi connectivity index (χ1) is 14.7. The zero-order valence-corrected chi connectivity index (χ0v) is 15.7. The van der Waals surface area contributed by atoms with Gasteiger partial charge in [0.2, 0.25) is 0 Å². The summed E-state index contributed by atoms with van der Waals surface area (Å²) in [6, 6.07) is 18.1. The predicted molar refractivity (Wildman–Crippen MR) is 113 cm³/mol. The lowest BCUT2D eigenvalue weighted by molar-refractivity contribution is 0.101. The third-order valence-electron chi connectivity index (χ3n) is 4.62. The van der Waals surface area contributed by atoms with Gasteiger partial charge in [-0.3, -0.25) is 9.59 Å². The van der Waals surface area contributed by atoms with Gasteiger partial charge in [0.25, 0.3) is 11.8 Å². The monoisotopic (exact) mass is 396 g/mol. The molecule has 0 bridgehead atoms. The highest BCUT2D eigenvalue weighted by Gasteiger charge is 2.16. The minimum atomic E-state index is -0.367. The largest absolute Gasteiger partial charge is 0.319 e. The molecule has 0 atom stereocenters. The van der Waals surface area contributed by atoms with E-state index in [1.165, 1.54) is 0 Å². The van der Waals surface area contributed by atoms with Gasteiger partial charge >= 0.3 is 0 Å². The number of imidazole rings is 2. The average molecular weight is 396 g/mol. The lowest BCUT2D eigenvalue weighted by Gasteiger charge is -2.10. The highest BCUT2D eigenvalue weighted by molar-refractivity contribution is 6.09. The minimum absolute atomic E-state index is 0.280. The van der Waals surface area contributed by atoms with Crippen LogP contribution < -0.4 is 10.6 Å². The van der Waals surface area contributed by atoms with Gasteiger partial charge in [0.05, 0.1) is 11.4 Å². The summed E-state index contributed by atoms with van der Waals surface area (Å²) in [5.74, 6) is -0.735. The lowest BCUT2D eigenvalue weighted by Crippen LogP contribution is -2.17. The zero-order valence-electron chi connectivity index (χ0n) is 15.7. The van der Waals surface area contributed by atoms with E-state index in [-0.39, 0.29) is 23.2 Å². The van der Waals surface area contributed by atoms with Crippen LogP contribution >= 0.6 is 0 Å². The third-order valence-corrected chi connectivity index (χ3v) is 4.62. The number of fused-ring (bicyclic) bond motifs is 2. The molecule has 0 fully saturated rings. The minimum Gasteiger partial charge on any atom is -0.319 e. The van der Waals surface area contributed by atoms with Crippen molar-refractivity contribution in [3.05, 3.63) is 96.8 Å². The van der Waals surface area contributed by atoms with Crippen molar-refractivity contribution >= 4 is 34.5 Å². The number of hydrogen-bond donors (Lipinski definition) is 2. The molecule has 0 aliphatic heterocycles. The van der Waals surface area contributed by atoms with Gasteiger partial charge in [-0.2, -0.15) is 0 Å². The number of anilines is 2. The molecule has 8 nitrogen and oxygen atoms in total. The fourth-order valence-electron chi connectivity index (χ4n) is 3.16. The van der Waals surface area contributed by atoms with Crippen molar-refractivity contribution < 1.29 is 9.59 Å². The van der Waals surface area contributed by atoms with E-state index >= 15 is 0 Å². The van der Waals surface area contributed by atoms with Crippen LogP contribution in [-0.2, 0) is 0 Å². The first kappa shape index (κ1) is 17.6. The third kappa shape index (κ3) is 3.26. The topological polar surface area (TPSA) is 92.8 Å². The molecular formula is C22H16N6O2. The van der Waals surface area contributed by atoms with E-state index in [2.05, 4.69) is 20.6 Å². The van der Waals surface area contributed by atoms with E-state index in [9.17, 15) is 9.59 Å². The van der Waals surface area contributed by atoms with Gasteiger partial charge in [0.15, 0.2) is 0 Å². The number of para-hydroxylation sites is 2. The summed E-state index contributed by atoms with van der Waals surface area (Å²) in [5.41, 5.74) is 2.85. The second-order valence-corrected chi connectivity index (χ2v) is 6.64. The summed E-state index contributed by atoms with van der Waals surface area (Å²) >= 11 is 0. The van der Waals surface area contributed by atoms with E-state index in [4.69, 9.17) is 0 Å². The van der Waals surface area contributed by atoms with Crippen LogP contribution in [-0.4, -0.2) is 30.6 Å². The van der Waals surface area contributed by atoms with Crippen LogP contribution in [0.5, 0.6) is 0 Å². The van der Waals surface area contributed by atoms with Crippen molar-refractivity contribution in [3.8, 4) is 0 Å². The Hall–Kier alpha value is -4.46. The Morgan fingerprint density at radius 3 is 1.50 bits per heavy atom. The summed E-state index contributed by atoms with van der Waals surface area (Å²) in [5, 5.41) is 5.63. The Morgan fingerprint density at radius 1 is 0.633 bits per heavy atom. The number of rotatable bonds is 4. The van der Waals surface area contributed by atoms with Crippen molar-refractivity contribution in [1.82, 2.24) is 18.8 Å². The van der Waals surface area contributed by atoms with Gasteiger partial charge in [0.1, 0.15) is 22.7 Å². The van der Waals surface area contributed by atoms with Crippen molar-refractivity contribution in [2.24, 2.45) is 0 Å². The second kappa shape index (κ2) is 7.17. The quantitative estimate of drug-likeness (QED) is 0.486. The number of carbonyl (C=O) groups is 2. The Kier molecular flexibility index (Phi) is 4.21. The average Bonchev–Trinajstić information content (AvgIpc) is 3.39.